The molecular formula is C109H175O9P3. The lowest BCUT2D eigenvalue weighted by atomic mass is 9.74. The van der Waals surface area contributed by atoms with Gasteiger partial charge in [0.15, 0.2) is 0 Å². The third-order valence-electron chi connectivity index (χ3n) is 24.2. The highest BCUT2D eigenvalue weighted by Gasteiger charge is 2.35. The van der Waals surface area contributed by atoms with E-state index in [4.69, 9.17) is 40.7 Å². The Labute approximate surface area is 747 Å². The molecular weight excluding hydrogens is 1550 g/mol. The predicted octanol–water partition coefficient (Wildman–Crippen LogP) is 37.1. The van der Waals surface area contributed by atoms with Crippen LogP contribution in [0, 0.1) is 20.8 Å². The smallest absolute Gasteiger partial charge is 0.426 e. The summed E-state index contributed by atoms with van der Waals surface area (Å²) in [6.45, 7) is 45.8. The predicted molar refractivity (Wildman–Crippen MR) is 525 cm³/mol. The van der Waals surface area contributed by atoms with E-state index in [1.54, 1.807) is 0 Å². The minimum atomic E-state index is -1.98. The molecule has 3 atom stereocenters. The van der Waals surface area contributed by atoms with Crippen molar-refractivity contribution < 1.29 is 40.7 Å². The fourth-order valence-corrected chi connectivity index (χ4v) is 19.8. The van der Waals surface area contributed by atoms with Gasteiger partial charge < -0.3 is 36.2 Å². The van der Waals surface area contributed by atoms with Gasteiger partial charge in [-0.2, -0.15) is 0 Å². The average molecular weight is 1720 g/mol. The van der Waals surface area contributed by atoms with Crippen molar-refractivity contribution in [2.24, 2.45) is 0 Å². The van der Waals surface area contributed by atoms with Crippen LogP contribution in [-0.4, -0.2) is 19.8 Å². The summed E-state index contributed by atoms with van der Waals surface area (Å²) < 4.78 is 63.5. The molecule has 3 unspecified atom stereocenters. The third kappa shape index (κ3) is 41.7. The Hall–Kier alpha value is -4.71. The summed E-state index contributed by atoms with van der Waals surface area (Å²) in [5.41, 5.74) is 13.6. The van der Waals surface area contributed by atoms with E-state index in [0.717, 1.165) is 134 Å². The van der Waals surface area contributed by atoms with E-state index in [-0.39, 0.29) is 28.1 Å². The van der Waals surface area contributed by atoms with Gasteiger partial charge in [0, 0.05) is 22.6 Å². The summed E-state index contributed by atoms with van der Waals surface area (Å²) in [5.74, 6) is 4.77. The normalized spacial score (nSPS) is 12.9. The van der Waals surface area contributed by atoms with Crippen molar-refractivity contribution in [3.8, 4) is 34.5 Å². The molecule has 0 aliphatic heterocycles. The highest BCUT2D eigenvalue weighted by molar-refractivity contribution is 7.43. The maximum Gasteiger partial charge on any atom is 0.530 e. The number of aryl methyl sites for hydroxylation is 6. The first-order valence-electron chi connectivity index (χ1n) is 49.5. The minimum absolute atomic E-state index is 0.0689. The molecule has 0 bridgehead atoms. The maximum atomic E-state index is 7.36. The zero-order valence-electron chi connectivity index (χ0n) is 80.7. The Morgan fingerprint density at radius 1 is 0.264 bits per heavy atom. The van der Waals surface area contributed by atoms with Crippen molar-refractivity contribution >= 4 is 25.8 Å². The van der Waals surface area contributed by atoms with Gasteiger partial charge in [-0.05, 0) is 212 Å². The van der Waals surface area contributed by atoms with Crippen molar-refractivity contribution in [2.45, 2.75) is 455 Å². The first-order chi connectivity index (χ1) is 58.4. The number of unbranched alkanes of at least 4 members (excludes halogenated alkanes) is 36. The Bertz CT molecular complexity index is 3630. The van der Waals surface area contributed by atoms with Gasteiger partial charge in [0.05, 0.1) is 19.8 Å². The second-order valence-electron chi connectivity index (χ2n) is 38.7. The Kier molecular flexibility index (Phi) is 52.2. The molecule has 6 aromatic carbocycles. The van der Waals surface area contributed by atoms with E-state index in [1.165, 1.54) is 263 Å². The Morgan fingerprint density at radius 3 is 0.818 bits per heavy atom. The standard InChI is InChI=1S/C109H175O9P3/c1-20-26-32-38-44-50-56-65-91-68-62-71-94(81-91)113-120(112-76-61-55-49-43-37-31-25-6)117-105-80-90(10)99(86-103(105)109(17,18)19)100(98-85-102(108(14,15)16)104(79-89(98)9)116-119(110-74-59-53-47-41-35-29-23-4)111-75-60-54-48-42-36-30-24-5)77-87(7)97-84-101(107(11,12)13)106(78-88(97)8)118-121(114-95-72-63-69-92(82-95)66-57-51-45-39-33-27-21-2)115-96-73-64-70-93(83-96)67-58-52-46-40-34-28-22-3/h62-64,68-73,78-87,100H,20-61,65-67,74-77H2,1-19H3. The summed E-state index contributed by atoms with van der Waals surface area (Å²) >= 11 is 0. The largest absolute Gasteiger partial charge is 0.530 e. The van der Waals surface area contributed by atoms with Crippen LogP contribution in [0.15, 0.2) is 109 Å². The quantitative estimate of drug-likeness (QED) is 0.0274. The molecule has 0 N–H and O–H groups in total. The molecule has 0 heterocycles. The molecule has 0 aliphatic carbocycles. The van der Waals surface area contributed by atoms with Crippen LogP contribution in [0.1, 0.15) is 465 Å². The van der Waals surface area contributed by atoms with Crippen LogP contribution in [0.25, 0.3) is 0 Å². The molecule has 0 fully saturated rings. The Balaban J connectivity index is 1.47. The SMILES string of the molecule is CCCCCCCCCOP(OCCCCCCCCC)Oc1cc(C)c(C(CC(C)c2cc(C(C)(C)C)c(OP(Oc3cccc(CCCCCCCCC)c3)Oc3cccc(CCCCCCCCC)c3)cc2C)c2cc(C(C)(C)C)c(OP(OCCCCCCCCC)Oc3cccc(CCCCCCCCC)c3)cc2C)cc1C(C)(C)C. The summed E-state index contributed by atoms with van der Waals surface area (Å²) in [7, 11) is -5.50. The van der Waals surface area contributed by atoms with Crippen molar-refractivity contribution in [3.05, 3.63) is 176 Å². The third-order valence-corrected chi connectivity index (χ3v) is 27.5. The van der Waals surface area contributed by atoms with E-state index < -0.39 is 25.8 Å². The summed E-state index contributed by atoms with van der Waals surface area (Å²) in [6, 6.07) is 40.4. The van der Waals surface area contributed by atoms with Crippen molar-refractivity contribution in [1.29, 1.82) is 0 Å². The first-order valence-corrected chi connectivity index (χ1v) is 52.8. The number of hydrogen-bond acceptors (Lipinski definition) is 9. The summed E-state index contributed by atoms with van der Waals surface area (Å²) in [5, 5.41) is 0. The van der Waals surface area contributed by atoms with Gasteiger partial charge >= 0.3 is 25.8 Å². The second-order valence-corrected chi connectivity index (χ2v) is 41.9. The molecule has 0 aromatic heterocycles. The van der Waals surface area contributed by atoms with Crippen LogP contribution in [0.4, 0.5) is 0 Å². The van der Waals surface area contributed by atoms with Gasteiger partial charge in [-0.3, -0.25) is 4.52 Å². The van der Waals surface area contributed by atoms with Crippen LogP contribution < -0.4 is 27.1 Å². The fourth-order valence-electron chi connectivity index (χ4n) is 16.7. The zero-order valence-corrected chi connectivity index (χ0v) is 83.4. The highest BCUT2D eigenvalue weighted by Crippen LogP contribution is 2.53. The lowest BCUT2D eigenvalue weighted by molar-refractivity contribution is 0.197. The van der Waals surface area contributed by atoms with Gasteiger partial charge in [-0.1, -0.05) is 397 Å². The van der Waals surface area contributed by atoms with E-state index in [1.807, 2.05) is 0 Å². The molecule has 0 spiro atoms. The van der Waals surface area contributed by atoms with Crippen LogP contribution in [0.3, 0.4) is 0 Å². The number of benzene rings is 6. The van der Waals surface area contributed by atoms with Crippen LogP contribution >= 0.6 is 25.8 Å². The Morgan fingerprint density at radius 2 is 0.512 bits per heavy atom. The van der Waals surface area contributed by atoms with Crippen LogP contribution in [-0.2, 0) is 49.1 Å². The van der Waals surface area contributed by atoms with Crippen LogP contribution in [0.2, 0.25) is 0 Å². The van der Waals surface area contributed by atoms with Gasteiger partial charge in [0.1, 0.15) is 34.5 Å². The van der Waals surface area contributed by atoms with Gasteiger partial charge in [0.2, 0.25) is 0 Å². The molecule has 0 aliphatic rings. The topological polar surface area (TPSA) is 83.1 Å². The monoisotopic (exact) mass is 1720 g/mol. The highest BCUT2D eigenvalue weighted by atomic mass is 31.2. The molecule has 6 aromatic rings. The van der Waals surface area contributed by atoms with Gasteiger partial charge in [-0.25, -0.2) is 0 Å². The van der Waals surface area contributed by atoms with E-state index in [0.29, 0.717) is 19.8 Å². The number of hydrogen-bond donors (Lipinski definition) is 0. The number of rotatable bonds is 68. The molecule has 0 saturated carbocycles. The zero-order chi connectivity index (χ0) is 87.5. The first kappa shape index (κ1) is 105. The average Bonchev–Trinajstić information content (AvgIpc) is 0.761. The molecule has 12 heteroatoms. The lowest BCUT2D eigenvalue weighted by Gasteiger charge is -2.33. The van der Waals surface area contributed by atoms with E-state index >= 15 is 0 Å². The van der Waals surface area contributed by atoms with Gasteiger partial charge in [-0.15, -0.1) is 0 Å². The van der Waals surface area contributed by atoms with Crippen molar-refractivity contribution in [1.82, 2.24) is 0 Å². The molecule has 9 nitrogen and oxygen atoms in total. The molecule has 0 amide bonds. The minimum Gasteiger partial charge on any atom is -0.426 e. The second kappa shape index (κ2) is 60.1. The van der Waals surface area contributed by atoms with Crippen molar-refractivity contribution in [3.63, 3.8) is 0 Å². The summed E-state index contributed by atoms with van der Waals surface area (Å²) in [4.78, 5) is 0. The van der Waals surface area contributed by atoms with Gasteiger partial charge in [0.25, 0.3) is 0 Å². The molecule has 0 saturated heterocycles. The fraction of sp³-hybridized carbons (Fsp3) is 0.670. The van der Waals surface area contributed by atoms with Crippen molar-refractivity contribution in [2.75, 3.05) is 19.8 Å². The lowest BCUT2D eigenvalue weighted by Crippen LogP contribution is -2.19. The summed E-state index contributed by atoms with van der Waals surface area (Å²) in [6.07, 6.45) is 56.1. The molecule has 680 valence electrons. The molecule has 6 rings (SSSR count). The molecule has 0 radical (unpaired) electrons. The van der Waals surface area contributed by atoms with E-state index in [9.17, 15) is 0 Å². The molecule has 121 heavy (non-hydrogen) atoms. The van der Waals surface area contributed by atoms with E-state index in [2.05, 4.69) is 241 Å². The maximum absolute atomic E-state index is 7.36. The van der Waals surface area contributed by atoms with Crippen LogP contribution in [0.5, 0.6) is 34.5 Å².